The molecule has 2 aliphatic heterocycles. The monoisotopic (exact) mass is 391 g/mol. The molecule has 2 amide bonds. The summed E-state index contributed by atoms with van der Waals surface area (Å²) in [6.45, 7) is 3.64. The number of aliphatic hydroxyl groups is 1. The number of methoxy groups -OCH3 is 1. The summed E-state index contributed by atoms with van der Waals surface area (Å²) in [5, 5.41) is 13.6. The molecule has 154 valence electrons. The number of piperidine rings is 1. The van der Waals surface area contributed by atoms with Crippen LogP contribution in [0.15, 0.2) is 24.3 Å². The molecule has 1 spiro atoms. The zero-order valence-electron chi connectivity index (χ0n) is 16.4. The number of rotatable bonds is 5. The Balaban J connectivity index is 1.69. The lowest BCUT2D eigenvalue weighted by molar-refractivity contribution is -0.177. The van der Waals surface area contributed by atoms with E-state index in [9.17, 15) is 14.7 Å². The van der Waals surface area contributed by atoms with Gasteiger partial charge < -0.3 is 25.6 Å². The minimum Gasteiger partial charge on any atom is -0.497 e. The number of carbonyl (C=O) groups excluding carboxylic acids is 2. The van der Waals surface area contributed by atoms with E-state index in [0.717, 1.165) is 12.8 Å². The Morgan fingerprint density at radius 3 is 2.75 bits per heavy atom. The average molecular weight is 391 g/mol. The first-order chi connectivity index (χ1) is 13.3. The highest BCUT2D eigenvalue weighted by molar-refractivity contribution is 5.95. The molecule has 8 nitrogen and oxygen atoms in total. The number of hydrogen-bond donors (Lipinski definition) is 3. The van der Waals surface area contributed by atoms with Gasteiger partial charge in [-0.1, -0.05) is 6.07 Å². The number of aliphatic hydroxyl groups excluding tert-OH is 1. The van der Waals surface area contributed by atoms with Crippen LogP contribution >= 0.6 is 0 Å². The molecular formula is C20H29N3O5. The van der Waals surface area contributed by atoms with Gasteiger partial charge in [-0.2, -0.15) is 0 Å². The highest BCUT2D eigenvalue weighted by Gasteiger charge is 2.50. The van der Waals surface area contributed by atoms with E-state index in [1.165, 1.54) is 0 Å². The molecule has 1 aromatic rings. The van der Waals surface area contributed by atoms with E-state index in [1.54, 1.807) is 31.4 Å². The first kappa shape index (κ1) is 20.6. The highest BCUT2D eigenvalue weighted by atomic mass is 16.5. The van der Waals surface area contributed by atoms with Gasteiger partial charge in [-0.25, -0.2) is 0 Å². The number of benzene rings is 1. The molecule has 0 unspecified atom stereocenters. The third kappa shape index (κ3) is 4.45. The van der Waals surface area contributed by atoms with Gasteiger partial charge in [0.15, 0.2) is 0 Å². The van der Waals surface area contributed by atoms with Crippen LogP contribution in [0.5, 0.6) is 5.75 Å². The molecule has 2 atom stereocenters. The summed E-state index contributed by atoms with van der Waals surface area (Å²) in [6, 6.07) is 6.91. The number of likely N-dealkylation sites (tertiary alicyclic amines) is 1. The van der Waals surface area contributed by atoms with Crippen LogP contribution in [0.2, 0.25) is 0 Å². The first-order valence-electron chi connectivity index (χ1n) is 9.55. The molecule has 0 aromatic heterocycles. The molecule has 2 fully saturated rings. The highest BCUT2D eigenvalue weighted by Crippen LogP contribution is 2.39. The number of nitrogens with one attached hydrogen (secondary N) is 1. The van der Waals surface area contributed by atoms with Gasteiger partial charge in [-0.05, 0) is 38.0 Å². The van der Waals surface area contributed by atoms with E-state index in [-0.39, 0.29) is 25.0 Å². The third-order valence-corrected chi connectivity index (χ3v) is 5.85. The van der Waals surface area contributed by atoms with Gasteiger partial charge in [0.05, 0.1) is 31.4 Å². The zero-order valence-corrected chi connectivity index (χ0v) is 16.4. The lowest BCUT2D eigenvalue weighted by Gasteiger charge is -2.52. The van der Waals surface area contributed by atoms with Crippen LogP contribution in [0.3, 0.4) is 0 Å². The van der Waals surface area contributed by atoms with Crippen molar-refractivity contribution in [3.63, 3.8) is 0 Å². The maximum Gasteiger partial charge on any atom is 0.251 e. The van der Waals surface area contributed by atoms with Crippen molar-refractivity contribution < 1.29 is 24.2 Å². The molecule has 3 rings (SSSR count). The molecule has 2 saturated heterocycles. The Bertz CT molecular complexity index is 732. The predicted octanol–water partition coefficient (Wildman–Crippen LogP) is 0.285. The van der Waals surface area contributed by atoms with E-state index >= 15 is 0 Å². The standard InChI is InChI=1S/C20H29N3O5/c1-19(22-18(26)14-4-3-5-15(10-14)27-2)13-20(28-12-16(19)24)6-8-23(9-7-20)11-17(21)25/h3-5,10,16,24H,6-9,11-13H2,1-2H3,(H2,21,25)(H,22,26)/t16-,19-/m1/s1. The van der Waals surface area contributed by atoms with Crippen molar-refractivity contribution >= 4 is 11.8 Å². The van der Waals surface area contributed by atoms with Crippen LogP contribution < -0.4 is 15.8 Å². The Kier molecular flexibility index (Phi) is 5.92. The van der Waals surface area contributed by atoms with Gasteiger partial charge in [0, 0.05) is 25.1 Å². The van der Waals surface area contributed by atoms with Crippen molar-refractivity contribution in [3.05, 3.63) is 29.8 Å². The Morgan fingerprint density at radius 1 is 1.39 bits per heavy atom. The molecular weight excluding hydrogens is 362 g/mol. The number of nitrogens with zero attached hydrogens (tertiary/aromatic N) is 1. The van der Waals surface area contributed by atoms with E-state index in [2.05, 4.69) is 5.32 Å². The fourth-order valence-corrected chi connectivity index (χ4v) is 4.16. The predicted molar refractivity (Wildman–Crippen MR) is 103 cm³/mol. The van der Waals surface area contributed by atoms with E-state index in [4.69, 9.17) is 15.2 Å². The minimum atomic E-state index is -0.815. The van der Waals surface area contributed by atoms with Gasteiger partial charge >= 0.3 is 0 Å². The van der Waals surface area contributed by atoms with Crippen molar-refractivity contribution in [1.82, 2.24) is 10.2 Å². The molecule has 0 bridgehead atoms. The number of nitrogens with two attached hydrogens (primary N) is 1. The number of amides is 2. The summed E-state index contributed by atoms with van der Waals surface area (Å²) in [4.78, 5) is 25.9. The van der Waals surface area contributed by atoms with Crippen LogP contribution in [0.25, 0.3) is 0 Å². The first-order valence-corrected chi connectivity index (χ1v) is 9.55. The molecule has 2 heterocycles. The van der Waals surface area contributed by atoms with Crippen LogP contribution in [-0.2, 0) is 9.53 Å². The molecule has 2 aliphatic rings. The largest absolute Gasteiger partial charge is 0.497 e. The van der Waals surface area contributed by atoms with Crippen LogP contribution in [0.1, 0.15) is 36.5 Å². The summed E-state index contributed by atoms with van der Waals surface area (Å²) in [7, 11) is 1.55. The summed E-state index contributed by atoms with van der Waals surface area (Å²) >= 11 is 0. The molecule has 1 aromatic carbocycles. The second-order valence-electron chi connectivity index (χ2n) is 8.03. The summed E-state index contributed by atoms with van der Waals surface area (Å²) in [6.07, 6.45) is 1.13. The third-order valence-electron chi connectivity index (χ3n) is 5.85. The topological polar surface area (TPSA) is 114 Å². The molecule has 0 radical (unpaired) electrons. The molecule has 0 saturated carbocycles. The fraction of sp³-hybridized carbons (Fsp3) is 0.600. The van der Waals surface area contributed by atoms with Gasteiger partial charge in [0.25, 0.3) is 5.91 Å². The molecule has 28 heavy (non-hydrogen) atoms. The minimum absolute atomic E-state index is 0.157. The summed E-state index contributed by atoms with van der Waals surface area (Å²) in [5.74, 6) is -0.00128. The van der Waals surface area contributed by atoms with E-state index < -0.39 is 17.2 Å². The Labute approximate surface area is 165 Å². The normalized spacial score (nSPS) is 27.3. The second-order valence-corrected chi connectivity index (χ2v) is 8.03. The number of carbonyl (C=O) groups is 2. The quantitative estimate of drug-likeness (QED) is 0.665. The van der Waals surface area contributed by atoms with Gasteiger partial charge in [0.1, 0.15) is 11.9 Å². The van der Waals surface area contributed by atoms with Crippen molar-refractivity contribution in [3.8, 4) is 5.75 Å². The lowest BCUT2D eigenvalue weighted by atomic mass is 9.74. The smallest absolute Gasteiger partial charge is 0.251 e. The fourth-order valence-electron chi connectivity index (χ4n) is 4.16. The average Bonchev–Trinajstić information content (AvgIpc) is 2.67. The Hall–Kier alpha value is -2.16. The lowest BCUT2D eigenvalue weighted by Crippen LogP contribution is -2.65. The van der Waals surface area contributed by atoms with Crippen molar-refractivity contribution in [2.75, 3.05) is 33.4 Å². The SMILES string of the molecule is COc1cccc(C(=O)N[C@]2(C)CC3(CCN(CC(N)=O)CC3)OC[C@H]2O)c1. The molecule has 8 heteroatoms. The van der Waals surface area contributed by atoms with Crippen molar-refractivity contribution in [1.29, 1.82) is 0 Å². The number of primary amides is 1. The van der Waals surface area contributed by atoms with Gasteiger partial charge in [-0.3, -0.25) is 14.5 Å². The van der Waals surface area contributed by atoms with Crippen LogP contribution in [-0.4, -0.2) is 72.4 Å². The van der Waals surface area contributed by atoms with Gasteiger partial charge in [-0.15, -0.1) is 0 Å². The second kappa shape index (κ2) is 8.06. The van der Waals surface area contributed by atoms with Gasteiger partial charge in [0.2, 0.25) is 5.91 Å². The zero-order chi connectivity index (χ0) is 20.4. The maximum absolute atomic E-state index is 12.8. The van der Waals surface area contributed by atoms with Crippen LogP contribution in [0, 0.1) is 0 Å². The molecule has 0 aliphatic carbocycles. The van der Waals surface area contributed by atoms with E-state index in [1.807, 2.05) is 11.8 Å². The summed E-state index contributed by atoms with van der Waals surface area (Å²) < 4.78 is 11.2. The summed E-state index contributed by atoms with van der Waals surface area (Å²) in [5.41, 5.74) is 4.52. The molecule has 4 N–H and O–H groups in total. The number of hydrogen-bond acceptors (Lipinski definition) is 6. The van der Waals surface area contributed by atoms with Crippen molar-refractivity contribution in [2.45, 2.75) is 43.4 Å². The van der Waals surface area contributed by atoms with Crippen molar-refractivity contribution in [2.24, 2.45) is 5.73 Å². The van der Waals surface area contributed by atoms with Crippen LogP contribution in [0.4, 0.5) is 0 Å². The Morgan fingerprint density at radius 2 is 2.11 bits per heavy atom. The number of ether oxygens (including phenoxy) is 2. The van der Waals surface area contributed by atoms with E-state index in [0.29, 0.717) is 30.8 Å². The maximum atomic E-state index is 12.8.